The Hall–Kier alpha value is -2.96. The van der Waals surface area contributed by atoms with Crippen molar-refractivity contribution < 1.29 is 14.7 Å². The predicted molar refractivity (Wildman–Crippen MR) is 151 cm³/mol. The number of nitrogens with zero attached hydrogens (tertiary/aromatic N) is 2. The average molecular weight is 576 g/mol. The van der Waals surface area contributed by atoms with Crippen LogP contribution in [0.2, 0.25) is 20.1 Å². The third-order valence-corrected chi connectivity index (χ3v) is 7.93. The van der Waals surface area contributed by atoms with Gasteiger partial charge in [0, 0.05) is 41.1 Å². The Kier molecular flexibility index (Phi) is 7.91. The molecule has 3 heterocycles. The second-order valence-corrected chi connectivity index (χ2v) is 9.92. The monoisotopic (exact) mass is 574 g/mol. The van der Waals surface area contributed by atoms with Gasteiger partial charge in [0.1, 0.15) is 0 Å². The molecule has 0 aliphatic rings. The van der Waals surface area contributed by atoms with Crippen molar-refractivity contribution in [2.45, 2.75) is 27.3 Å². The van der Waals surface area contributed by atoms with Crippen molar-refractivity contribution in [1.82, 2.24) is 8.97 Å². The summed E-state index contributed by atoms with van der Waals surface area (Å²) in [5.41, 5.74) is 3.75. The fourth-order valence-corrected chi connectivity index (χ4v) is 5.51. The molecule has 2 aromatic carbocycles. The van der Waals surface area contributed by atoms with Crippen LogP contribution in [0.15, 0.2) is 60.9 Å². The van der Waals surface area contributed by atoms with E-state index in [4.69, 9.17) is 46.4 Å². The van der Waals surface area contributed by atoms with Gasteiger partial charge in [-0.2, -0.15) is 0 Å². The molecular weight excluding hydrogens is 554 g/mol. The summed E-state index contributed by atoms with van der Waals surface area (Å²) in [7, 11) is 0. The molecule has 1 N–H and O–H groups in total. The third kappa shape index (κ3) is 4.85. The Balaban J connectivity index is 0.000000265. The maximum atomic E-state index is 13.5. The number of carbonyl (C=O) groups is 2. The van der Waals surface area contributed by atoms with Crippen LogP contribution in [0.5, 0.6) is 0 Å². The second-order valence-electron chi connectivity index (χ2n) is 8.41. The van der Waals surface area contributed by atoms with Crippen molar-refractivity contribution in [3.63, 3.8) is 0 Å². The van der Waals surface area contributed by atoms with Crippen molar-refractivity contribution in [3.8, 4) is 0 Å². The quantitative estimate of drug-likeness (QED) is 0.132. The predicted octanol–water partition coefficient (Wildman–Crippen LogP) is 8.76. The van der Waals surface area contributed by atoms with Crippen LogP contribution in [0.3, 0.4) is 0 Å². The van der Waals surface area contributed by atoms with Gasteiger partial charge in [0.15, 0.2) is 5.78 Å². The Bertz CT molecular complexity index is 1650. The molecule has 5 rings (SSSR count). The molecule has 0 saturated heterocycles. The lowest BCUT2D eigenvalue weighted by molar-refractivity contribution is 0.0693. The summed E-state index contributed by atoms with van der Waals surface area (Å²) in [6, 6.07) is 15.7. The Labute approximate surface area is 233 Å². The molecule has 190 valence electrons. The first-order valence-corrected chi connectivity index (χ1v) is 12.8. The van der Waals surface area contributed by atoms with Crippen LogP contribution in [0.4, 0.5) is 0 Å². The lowest BCUT2D eigenvalue weighted by Gasteiger charge is -2.13. The maximum Gasteiger partial charge on any atom is 0.338 e. The van der Waals surface area contributed by atoms with Gasteiger partial charge in [0.05, 0.1) is 36.8 Å². The number of aromatic nitrogens is 2. The molecule has 5 aromatic rings. The molecule has 9 heteroatoms. The molecule has 5 nitrogen and oxygen atoms in total. The first kappa shape index (κ1) is 27.1. The van der Waals surface area contributed by atoms with Gasteiger partial charge in [-0.1, -0.05) is 70.7 Å². The largest absolute Gasteiger partial charge is 0.478 e. The Morgan fingerprint density at radius 3 is 2.08 bits per heavy atom. The van der Waals surface area contributed by atoms with E-state index in [9.17, 15) is 14.7 Å². The molecule has 0 aliphatic heterocycles. The van der Waals surface area contributed by atoms with Crippen LogP contribution < -0.4 is 0 Å². The van der Waals surface area contributed by atoms with E-state index < -0.39 is 17.3 Å². The highest BCUT2D eigenvalue weighted by atomic mass is 35.5. The zero-order valence-corrected chi connectivity index (χ0v) is 23.2. The number of hydrogen-bond donors (Lipinski definition) is 1. The second kappa shape index (κ2) is 10.8. The highest BCUT2D eigenvalue weighted by Crippen LogP contribution is 2.43. The number of fused-ring (bicyclic) bond motifs is 2. The summed E-state index contributed by atoms with van der Waals surface area (Å²) in [4.78, 5) is 25.3. The number of rotatable bonds is 4. The molecule has 0 spiro atoms. The first-order valence-electron chi connectivity index (χ1n) is 11.3. The number of hydrogen-bond acceptors (Lipinski definition) is 2. The van der Waals surface area contributed by atoms with E-state index in [1.54, 1.807) is 19.1 Å². The first-order chi connectivity index (χ1) is 17.6. The van der Waals surface area contributed by atoms with Crippen LogP contribution in [-0.4, -0.2) is 25.8 Å². The van der Waals surface area contributed by atoms with Gasteiger partial charge in [0.25, 0.3) is 0 Å². The summed E-state index contributed by atoms with van der Waals surface area (Å²) in [5, 5.41) is 9.39. The van der Waals surface area contributed by atoms with E-state index in [0.717, 1.165) is 5.52 Å². The van der Waals surface area contributed by atoms with Crippen molar-refractivity contribution in [1.29, 1.82) is 0 Å². The van der Waals surface area contributed by atoms with Gasteiger partial charge in [-0.3, -0.25) is 4.79 Å². The van der Waals surface area contributed by atoms with Crippen molar-refractivity contribution in [3.05, 3.63) is 109 Å². The maximum absolute atomic E-state index is 13.5. The summed E-state index contributed by atoms with van der Waals surface area (Å²) in [5.74, 6) is -1.99. The van der Waals surface area contributed by atoms with Crippen LogP contribution in [0.1, 0.15) is 44.5 Å². The lowest BCUT2D eigenvalue weighted by atomic mass is 9.96. The number of carboxylic acid groups (broad SMARTS) is 1. The normalized spacial score (nSPS) is 11.0. The minimum Gasteiger partial charge on any atom is -0.478 e. The van der Waals surface area contributed by atoms with Crippen LogP contribution >= 0.6 is 46.4 Å². The van der Waals surface area contributed by atoms with Gasteiger partial charge in [0.2, 0.25) is 0 Å². The van der Waals surface area contributed by atoms with Crippen LogP contribution in [0.25, 0.3) is 16.4 Å². The molecule has 0 bridgehead atoms. The highest BCUT2D eigenvalue weighted by molar-refractivity contribution is 6.54. The zero-order chi connectivity index (χ0) is 27.0. The molecular formula is C28H22Cl4N2O3. The zero-order valence-electron chi connectivity index (χ0n) is 20.2. The van der Waals surface area contributed by atoms with Gasteiger partial charge in [-0.25, -0.2) is 4.79 Å². The van der Waals surface area contributed by atoms with Gasteiger partial charge in [-0.15, -0.1) is 0 Å². The summed E-state index contributed by atoms with van der Waals surface area (Å²) >= 11 is 24.4. The number of para-hydroxylation sites is 1. The summed E-state index contributed by atoms with van der Waals surface area (Å²) in [6.45, 7) is 6.50. The fraction of sp³-hybridized carbons (Fsp3) is 0.143. The van der Waals surface area contributed by atoms with Crippen molar-refractivity contribution in [2.75, 3.05) is 0 Å². The SMILES string of the molecule is CCn1c(C)c(C(=O)c2c(Cl)c(Cl)c(Cl)c(Cl)c2C(=O)O)c2ccccc21.Cc1cc2ccccn2c1. The summed E-state index contributed by atoms with van der Waals surface area (Å²) in [6.07, 6.45) is 4.18. The van der Waals surface area contributed by atoms with Gasteiger partial charge >= 0.3 is 5.97 Å². The van der Waals surface area contributed by atoms with E-state index in [0.29, 0.717) is 23.2 Å². The summed E-state index contributed by atoms with van der Waals surface area (Å²) < 4.78 is 4.09. The van der Waals surface area contributed by atoms with E-state index in [1.807, 2.05) is 29.7 Å². The number of aromatic carboxylic acids is 1. The number of halogens is 4. The van der Waals surface area contributed by atoms with E-state index >= 15 is 0 Å². The molecule has 0 radical (unpaired) electrons. The number of ketones is 1. The molecule has 0 unspecified atom stereocenters. The molecule has 0 fully saturated rings. The lowest BCUT2D eigenvalue weighted by Crippen LogP contribution is -2.13. The Morgan fingerprint density at radius 2 is 1.46 bits per heavy atom. The van der Waals surface area contributed by atoms with Gasteiger partial charge in [-0.05, 0) is 50.6 Å². The van der Waals surface area contributed by atoms with E-state index in [-0.39, 0.29) is 25.7 Å². The van der Waals surface area contributed by atoms with Gasteiger partial charge < -0.3 is 14.1 Å². The van der Waals surface area contributed by atoms with Crippen molar-refractivity contribution in [2.24, 2.45) is 0 Å². The highest BCUT2D eigenvalue weighted by Gasteiger charge is 2.31. The molecule has 0 saturated carbocycles. The standard InChI is InChI=1S/C19H13Cl4NO3.C9H9N/c1-3-24-8(2)11(9-6-4-5-7-10(9)24)18(25)12-13(19(26)27)15(21)17(23)16(22)14(12)20;1-8-6-9-4-2-3-5-10(9)7-8/h4-7H,3H2,1-2H3,(H,26,27);2-7H,1H3. The fourth-order valence-electron chi connectivity index (χ4n) is 4.49. The number of pyridine rings is 1. The van der Waals surface area contributed by atoms with Crippen molar-refractivity contribution >= 4 is 74.6 Å². The average Bonchev–Trinajstić information content (AvgIpc) is 3.39. The minimum absolute atomic E-state index is 0.159. The van der Waals surface area contributed by atoms with Crippen LogP contribution in [0, 0.1) is 13.8 Å². The minimum atomic E-state index is -1.42. The number of aryl methyl sites for hydroxylation is 2. The molecule has 37 heavy (non-hydrogen) atoms. The molecule has 0 amide bonds. The number of carboxylic acids is 1. The van der Waals surface area contributed by atoms with E-state index in [2.05, 4.69) is 41.9 Å². The molecule has 0 atom stereocenters. The van der Waals surface area contributed by atoms with Crippen LogP contribution in [-0.2, 0) is 6.54 Å². The molecule has 0 aliphatic carbocycles. The number of carbonyl (C=O) groups excluding carboxylic acids is 1. The van der Waals surface area contributed by atoms with E-state index in [1.165, 1.54) is 11.1 Å². The Morgan fingerprint density at radius 1 is 0.838 bits per heavy atom. The molecule has 3 aromatic heterocycles. The number of benzene rings is 2. The topological polar surface area (TPSA) is 63.7 Å². The third-order valence-electron chi connectivity index (χ3n) is 6.12. The smallest absolute Gasteiger partial charge is 0.338 e.